The average Bonchev–Trinajstić information content (AvgIpc) is 3.30. The highest BCUT2D eigenvalue weighted by Gasteiger charge is 2.42. The van der Waals surface area contributed by atoms with Gasteiger partial charge in [-0.1, -0.05) is 18.2 Å². The van der Waals surface area contributed by atoms with E-state index >= 15 is 0 Å². The Hall–Kier alpha value is -2.38. The third-order valence-corrected chi connectivity index (χ3v) is 5.93. The molecule has 2 saturated heterocycles. The quantitative estimate of drug-likeness (QED) is 0.795. The van der Waals surface area contributed by atoms with Crippen LogP contribution in [-0.2, 0) is 10.3 Å². The second kappa shape index (κ2) is 9.41. The number of amides is 2. The van der Waals surface area contributed by atoms with E-state index in [9.17, 15) is 9.59 Å². The van der Waals surface area contributed by atoms with Crippen LogP contribution in [0.2, 0.25) is 0 Å². The van der Waals surface area contributed by atoms with Crippen molar-refractivity contribution in [3.8, 4) is 0 Å². The maximum atomic E-state index is 13.2. The van der Waals surface area contributed by atoms with Gasteiger partial charge in [0.15, 0.2) is 0 Å². The van der Waals surface area contributed by atoms with Crippen LogP contribution in [0, 0.1) is 0 Å². The van der Waals surface area contributed by atoms with Crippen molar-refractivity contribution < 1.29 is 9.59 Å². The number of halogens is 1. The van der Waals surface area contributed by atoms with Gasteiger partial charge in [-0.2, -0.15) is 5.10 Å². The molecule has 2 aromatic rings. The summed E-state index contributed by atoms with van der Waals surface area (Å²) in [6.45, 7) is 2.93. The molecule has 0 aliphatic carbocycles. The number of carbonyl (C=O) groups is 2. The minimum atomic E-state index is -0.619. The number of benzene rings is 1. The van der Waals surface area contributed by atoms with Crippen LogP contribution in [0.25, 0.3) is 0 Å². The number of hydrogen-bond acceptors (Lipinski definition) is 4. The van der Waals surface area contributed by atoms with Gasteiger partial charge in [0.1, 0.15) is 5.54 Å². The van der Waals surface area contributed by atoms with E-state index in [4.69, 9.17) is 0 Å². The van der Waals surface area contributed by atoms with Gasteiger partial charge in [0.25, 0.3) is 5.91 Å². The van der Waals surface area contributed by atoms with Crippen LogP contribution >= 0.6 is 12.4 Å². The molecular weight excluding hydrogens is 390 g/mol. The number of rotatable bonds is 4. The van der Waals surface area contributed by atoms with Gasteiger partial charge >= 0.3 is 0 Å². The van der Waals surface area contributed by atoms with Crippen LogP contribution in [0.3, 0.4) is 0 Å². The fourth-order valence-electron chi connectivity index (χ4n) is 4.23. The number of hydrogen-bond donors (Lipinski definition) is 2. The van der Waals surface area contributed by atoms with Crippen LogP contribution in [0.1, 0.15) is 36.0 Å². The zero-order chi connectivity index (χ0) is 19.4. The lowest BCUT2D eigenvalue weighted by Crippen LogP contribution is -2.57. The van der Waals surface area contributed by atoms with E-state index in [0.717, 1.165) is 44.3 Å². The molecule has 0 atom stereocenters. The first-order valence-electron chi connectivity index (χ1n) is 10.1. The van der Waals surface area contributed by atoms with Crippen LogP contribution in [-0.4, -0.2) is 58.7 Å². The number of nitrogens with one attached hydrogen (secondary N) is 2. The molecule has 8 heteroatoms. The Balaban J connectivity index is 0.00000240. The monoisotopic (exact) mass is 417 g/mol. The van der Waals surface area contributed by atoms with Crippen molar-refractivity contribution in [2.45, 2.75) is 37.3 Å². The maximum absolute atomic E-state index is 13.2. The molecular formula is C21H28ClN5O2. The molecule has 2 amide bonds. The Bertz CT molecular complexity index is 798. The zero-order valence-electron chi connectivity index (χ0n) is 16.4. The second-order valence-corrected chi connectivity index (χ2v) is 7.64. The predicted molar refractivity (Wildman–Crippen MR) is 113 cm³/mol. The van der Waals surface area contributed by atoms with Crippen LogP contribution < -0.4 is 10.6 Å². The van der Waals surface area contributed by atoms with Gasteiger partial charge in [-0.15, -0.1) is 12.4 Å². The van der Waals surface area contributed by atoms with Crippen molar-refractivity contribution in [3.63, 3.8) is 0 Å². The minimum absolute atomic E-state index is 0. The van der Waals surface area contributed by atoms with Crippen LogP contribution in [0.4, 0.5) is 0 Å². The third kappa shape index (κ3) is 4.46. The molecule has 156 valence electrons. The Morgan fingerprint density at radius 3 is 2.38 bits per heavy atom. The van der Waals surface area contributed by atoms with Gasteiger partial charge in [0.05, 0.1) is 0 Å². The number of piperidine rings is 2. The minimum Gasteiger partial charge on any atom is -0.351 e. The summed E-state index contributed by atoms with van der Waals surface area (Å²) in [5, 5.41) is 11.0. The molecule has 1 aromatic heterocycles. The Kier molecular flexibility index (Phi) is 6.92. The van der Waals surface area contributed by atoms with Gasteiger partial charge in [0.2, 0.25) is 5.91 Å². The summed E-state index contributed by atoms with van der Waals surface area (Å²) in [4.78, 5) is 27.7. The van der Waals surface area contributed by atoms with Gasteiger partial charge in [-0.3, -0.25) is 14.3 Å². The van der Waals surface area contributed by atoms with E-state index in [0.29, 0.717) is 13.1 Å². The molecule has 0 radical (unpaired) electrons. The Morgan fingerprint density at radius 1 is 1.07 bits per heavy atom. The van der Waals surface area contributed by atoms with Crippen LogP contribution in [0.5, 0.6) is 0 Å². The van der Waals surface area contributed by atoms with E-state index in [1.807, 2.05) is 52.2 Å². The van der Waals surface area contributed by atoms with E-state index in [1.165, 1.54) is 0 Å². The Morgan fingerprint density at radius 2 is 1.76 bits per heavy atom. The molecule has 2 aliphatic rings. The molecule has 29 heavy (non-hydrogen) atoms. The first-order chi connectivity index (χ1) is 13.7. The Labute approximate surface area is 177 Å². The molecule has 4 rings (SSSR count). The summed E-state index contributed by atoms with van der Waals surface area (Å²) in [7, 11) is 0. The van der Waals surface area contributed by atoms with Crippen molar-refractivity contribution in [1.29, 1.82) is 0 Å². The summed E-state index contributed by atoms with van der Waals surface area (Å²) in [5.41, 5.74) is 0.100. The summed E-state index contributed by atoms with van der Waals surface area (Å²) in [5.74, 6) is 0.113. The zero-order valence-corrected chi connectivity index (χ0v) is 17.2. The van der Waals surface area contributed by atoms with Crippen molar-refractivity contribution in [2.24, 2.45) is 0 Å². The summed E-state index contributed by atoms with van der Waals surface area (Å²) in [6.07, 6.45) is 6.62. The fourth-order valence-corrected chi connectivity index (χ4v) is 4.23. The lowest BCUT2D eigenvalue weighted by Gasteiger charge is -2.39. The molecule has 2 N–H and O–H groups in total. The van der Waals surface area contributed by atoms with Crippen molar-refractivity contribution in [2.75, 3.05) is 26.2 Å². The first-order valence-corrected chi connectivity index (χ1v) is 10.1. The molecule has 0 saturated carbocycles. The van der Waals surface area contributed by atoms with Crippen molar-refractivity contribution in [3.05, 3.63) is 54.4 Å². The molecule has 0 unspecified atom stereocenters. The molecule has 0 spiro atoms. The lowest BCUT2D eigenvalue weighted by atomic mass is 9.86. The van der Waals surface area contributed by atoms with Gasteiger partial charge in [-0.05, 0) is 57.0 Å². The van der Waals surface area contributed by atoms with E-state index in [2.05, 4.69) is 15.7 Å². The van der Waals surface area contributed by atoms with E-state index < -0.39 is 5.54 Å². The van der Waals surface area contributed by atoms with E-state index in [-0.39, 0.29) is 30.3 Å². The fraction of sp³-hybridized carbons (Fsp3) is 0.476. The van der Waals surface area contributed by atoms with Gasteiger partial charge in [0, 0.05) is 37.1 Å². The standard InChI is InChI=1S/C21H27N5O2.ClH/c27-19(17-5-2-1-3-6-17)25-15-7-18(8-16-25)24-20(28)21(9-12-22-13-10-21)26-14-4-11-23-26;/h1-6,11,14,18,22H,7-10,12-13,15-16H2,(H,24,28);1H. The van der Waals surface area contributed by atoms with Crippen molar-refractivity contribution >= 4 is 24.2 Å². The molecule has 7 nitrogen and oxygen atoms in total. The summed E-state index contributed by atoms with van der Waals surface area (Å²) < 4.78 is 1.82. The number of carbonyl (C=O) groups excluding carboxylic acids is 2. The predicted octanol–water partition coefficient (Wildman–Crippen LogP) is 1.80. The molecule has 2 fully saturated rings. The van der Waals surface area contributed by atoms with Gasteiger partial charge in [-0.25, -0.2) is 0 Å². The number of likely N-dealkylation sites (tertiary alicyclic amines) is 1. The molecule has 3 heterocycles. The number of nitrogens with zero attached hydrogens (tertiary/aromatic N) is 3. The molecule has 2 aliphatic heterocycles. The van der Waals surface area contributed by atoms with Crippen LogP contribution in [0.15, 0.2) is 48.8 Å². The smallest absolute Gasteiger partial charge is 0.253 e. The highest BCUT2D eigenvalue weighted by atomic mass is 35.5. The SMILES string of the molecule is Cl.O=C(c1ccccc1)N1CCC(NC(=O)C2(n3cccn3)CCNCC2)CC1. The van der Waals surface area contributed by atoms with E-state index in [1.54, 1.807) is 6.20 Å². The number of aromatic nitrogens is 2. The largest absolute Gasteiger partial charge is 0.351 e. The highest BCUT2D eigenvalue weighted by Crippen LogP contribution is 2.28. The van der Waals surface area contributed by atoms with Gasteiger partial charge < -0.3 is 15.5 Å². The average molecular weight is 418 g/mol. The lowest BCUT2D eigenvalue weighted by molar-refractivity contribution is -0.133. The van der Waals surface area contributed by atoms with Crippen molar-refractivity contribution in [1.82, 2.24) is 25.3 Å². The maximum Gasteiger partial charge on any atom is 0.253 e. The third-order valence-electron chi connectivity index (χ3n) is 5.93. The normalized spacial score (nSPS) is 19.2. The first kappa shape index (κ1) is 21.3. The highest BCUT2D eigenvalue weighted by molar-refractivity contribution is 5.94. The second-order valence-electron chi connectivity index (χ2n) is 7.64. The molecule has 1 aromatic carbocycles. The topological polar surface area (TPSA) is 79.3 Å². The summed E-state index contributed by atoms with van der Waals surface area (Å²) in [6, 6.07) is 11.3. The molecule has 0 bridgehead atoms. The summed E-state index contributed by atoms with van der Waals surface area (Å²) >= 11 is 0.